The molecule has 2 amide bonds. The van der Waals surface area contributed by atoms with Crippen molar-refractivity contribution in [3.05, 3.63) is 60.2 Å². The normalized spacial score (nSPS) is 19.0. The second-order valence-corrected chi connectivity index (χ2v) is 7.47. The first-order valence-electron chi connectivity index (χ1n) is 10.4. The number of benzene rings is 2. The van der Waals surface area contributed by atoms with Gasteiger partial charge in [-0.25, -0.2) is 0 Å². The molecule has 1 saturated heterocycles. The summed E-state index contributed by atoms with van der Waals surface area (Å²) in [4.78, 5) is 27.3. The van der Waals surface area contributed by atoms with E-state index in [-0.39, 0.29) is 18.4 Å². The van der Waals surface area contributed by atoms with Crippen molar-refractivity contribution < 1.29 is 14.3 Å². The van der Waals surface area contributed by atoms with Crippen LogP contribution in [-0.4, -0.2) is 48.6 Å². The van der Waals surface area contributed by atoms with E-state index in [1.54, 1.807) is 4.90 Å². The zero-order chi connectivity index (χ0) is 20.7. The van der Waals surface area contributed by atoms with Crippen molar-refractivity contribution in [2.75, 3.05) is 26.2 Å². The first kappa shape index (κ1) is 21.1. The fourth-order valence-corrected chi connectivity index (χ4v) is 3.83. The van der Waals surface area contributed by atoms with E-state index >= 15 is 0 Å². The van der Waals surface area contributed by atoms with Crippen molar-refractivity contribution in [3.8, 4) is 11.1 Å². The zero-order valence-corrected chi connectivity index (χ0v) is 17.3. The van der Waals surface area contributed by atoms with Gasteiger partial charge in [-0.15, -0.1) is 0 Å². The van der Waals surface area contributed by atoms with Gasteiger partial charge in [0.2, 0.25) is 5.91 Å². The van der Waals surface area contributed by atoms with Crippen molar-refractivity contribution in [3.63, 3.8) is 0 Å². The van der Waals surface area contributed by atoms with Crippen molar-refractivity contribution in [1.29, 1.82) is 0 Å². The smallest absolute Gasteiger partial charge is 0.254 e. The maximum absolute atomic E-state index is 13.2. The molecule has 5 heteroatoms. The number of carbonyl (C=O) groups is 2. The van der Waals surface area contributed by atoms with Crippen LogP contribution >= 0.6 is 0 Å². The number of ether oxygens (including phenoxy) is 1. The van der Waals surface area contributed by atoms with E-state index < -0.39 is 5.60 Å². The highest BCUT2D eigenvalue weighted by Crippen LogP contribution is 2.30. The molecule has 29 heavy (non-hydrogen) atoms. The van der Waals surface area contributed by atoms with Gasteiger partial charge in [-0.2, -0.15) is 0 Å². The number of morpholine rings is 1. The molecule has 1 heterocycles. The van der Waals surface area contributed by atoms with Gasteiger partial charge in [0.1, 0.15) is 0 Å². The van der Waals surface area contributed by atoms with E-state index in [9.17, 15) is 9.59 Å². The highest BCUT2D eigenvalue weighted by atomic mass is 16.5. The molecule has 0 saturated carbocycles. The van der Waals surface area contributed by atoms with Crippen LogP contribution in [0, 0.1) is 0 Å². The summed E-state index contributed by atoms with van der Waals surface area (Å²) in [5, 5.41) is 3.00. The van der Waals surface area contributed by atoms with Crippen molar-refractivity contribution >= 4 is 11.8 Å². The summed E-state index contributed by atoms with van der Waals surface area (Å²) in [7, 11) is 0. The molecular weight excluding hydrogens is 364 g/mol. The summed E-state index contributed by atoms with van der Waals surface area (Å²) < 4.78 is 6.14. The predicted octanol–water partition coefficient (Wildman–Crippen LogP) is 3.43. The molecule has 2 aromatic rings. The van der Waals surface area contributed by atoms with Gasteiger partial charge in [0.15, 0.2) is 5.60 Å². The summed E-state index contributed by atoms with van der Waals surface area (Å²) in [6.45, 7) is 5.62. The fourth-order valence-electron chi connectivity index (χ4n) is 3.83. The lowest BCUT2D eigenvalue weighted by Gasteiger charge is -2.42. The lowest BCUT2D eigenvalue weighted by molar-refractivity contribution is -0.165. The van der Waals surface area contributed by atoms with Crippen LogP contribution in [0.25, 0.3) is 11.1 Å². The number of rotatable bonds is 7. The Labute approximate surface area is 173 Å². The van der Waals surface area contributed by atoms with Gasteiger partial charge in [-0.1, -0.05) is 68.4 Å². The molecule has 1 atom stereocenters. The lowest BCUT2D eigenvalue weighted by Crippen LogP contribution is -2.62. The van der Waals surface area contributed by atoms with Crippen LogP contribution in [0.4, 0.5) is 0 Å². The van der Waals surface area contributed by atoms with E-state index in [1.807, 2.05) is 50.2 Å². The van der Waals surface area contributed by atoms with Crippen molar-refractivity contribution in [1.82, 2.24) is 10.2 Å². The van der Waals surface area contributed by atoms with Crippen LogP contribution < -0.4 is 5.32 Å². The molecule has 1 fully saturated rings. The third-order valence-electron chi connectivity index (χ3n) is 5.37. The van der Waals surface area contributed by atoms with Crippen LogP contribution in [0.2, 0.25) is 0 Å². The molecule has 1 N–H and O–H groups in total. The van der Waals surface area contributed by atoms with Gasteiger partial charge in [-0.3, -0.25) is 9.59 Å². The molecule has 5 nitrogen and oxygen atoms in total. The quantitative estimate of drug-likeness (QED) is 0.783. The summed E-state index contributed by atoms with van der Waals surface area (Å²) in [6.07, 6.45) is 1.69. The average Bonchev–Trinajstić information content (AvgIpc) is 2.78. The van der Waals surface area contributed by atoms with Gasteiger partial charge in [0.25, 0.3) is 5.91 Å². The largest absolute Gasteiger partial charge is 0.361 e. The third-order valence-corrected chi connectivity index (χ3v) is 5.37. The molecule has 3 rings (SSSR count). The molecule has 0 aliphatic carbocycles. The zero-order valence-electron chi connectivity index (χ0n) is 17.3. The van der Waals surface area contributed by atoms with E-state index in [2.05, 4.69) is 23.5 Å². The molecule has 154 valence electrons. The number of nitrogens with one attached hydrogen (secondary N) is 1. The minimum Gasteiger partial charge on any atom is -0.361 e. The Balaban J connectivity index is 1.96. The topological polar surface area (TPSA) is 58.6 Å². The molecule has 2 aromatic carbocycles. The molecule has 0 bridgehead atoms. The second kappa shape index (κ2) is 9.70. The Kier molecular flexibility index (Phi) is 7.04. The number of nitrogens with zero attached hydrogens (tertiary/aromatic N) is 1. The van der Waals surface area contributed by atoms with Gasteiger partial charge in [-0.05, 0) is 23.1 Å². The Bertz CT molecular complexity index is 837. The van der Waals surface area contributed by atoms with E-state index in [4.69, 9.17) is 4.74 Å². The molecule has 0 spiro atoms. The number of hydrogen-bond donors (Lipinski definition) is 1. The highest BCUT2D eigenvalue weighted by Gasteiger charge is 2.45. The fraction of sp³-hybridized carbons (Fsp3) is 0.417. The second-order valence-electron chi connectivity index (χ2n) is 7.47. The standard InChI is InChI=1S/C24H30N2O3/c1-3-14-25-23(28)24(18-26(15-16-29-24)22(27)4-2)17-20-12-8-9-13-21(20)19-10-6-5-7-11-19/h5-13H,3-4,14-18H2,1-2H3,(H,25,28)/t24-/m1/s1. The van der Waals surface area contributed by atoms with Crippen LogP contribution in [0.5, 0.6) is 0 Å². The molecule has 0 radical (unpaired) electrons. The molecule has 0 unspecified atom stereocenters. The Morgan fingerprint density at radius 1 is 1.07 bits per heavy atom. The molecule has 1 aliphatic rings. The minimum atomic E-state index is -1.08. The van der Waals surface area contributed by atoms with Gasteiger partial charge < -0.3 is 15.0 Å². The molecular formula is C24H30N2O3. The van der Waals surface area contributed by atoms with Gasteiger partial charge in [0, 0.05) is 25.9 Å². The monoisotopic (exact) mass is 394 g/mol. The third kappa shape index (κ3) is 4.85. The molecule has 1 aliphatic heterocycles. The van der Waals surface area contributed by atoms with Crippen LogP contribution in [0.1, 0.15) is 32.3 Å². The Hall–Kier alpha value is -2.66. The van der Waals surface area contributed by atoms with E-state index in [0.717, 1.165) is 23.1 Å². The Morgan fingerprint density at radius 3 is 2.52 bits per heavy atom. The van der Waals surface area contributed by atoms with Gasteiger partial charge in [0.05, 0.1) is 13.2 Å². The maximum Gasteiger partial charge on any atom is 0.254 e. The van der Waals surface area contributed by atoms with E-state index in [0.29, 0.717) is 32.5 Å². The first-order valence-corrected chi connectivity index (χ1v) is 10.4. The average molecular weight is 395 g/mol. The lowest BCUT2D eigenvalue weighted by atomic mass is 9.87. The first-order chi connectivity index (χ1) is 14.1. The number of amides is 2. The van der Waals surface area contributed by atoms with E-state index in [1.165, 1.54) is 0 Å². The SMILES string of the molecule is CCCNC(=O)[C@@]1(Cc2ccccc2-c2ccccc2)CN(C(=O)CC)CCO1. The number of carbonyl (C=O) groups excluding carboxylic acids is 2. The van der Waals surface area contributed by atoms with Crippen molar-refractivity contribution in [2.24, 2.45) is 0 Å². The summed E-state index contributed by atoms with van der Waals surface area (Å²) in [5.41, 5.74) is 2.14. The van der Waals surface area contributed by atoms with Crippen LogP contribution in [0.3, 0.4) is 0 Å². The predicted molar refractivity (Wildman–Crippen MR) is 114 cm³/mol. The summed E-state index contributed by atoms with van der Waals surface area (Å²) in [5.74, 6) is -0.0897. The highest BCUT2D eigenvalue weighted by molar-refractivity contribution is 5.88. The summed E-state index contributed by atoms with van der Waals surface area (Å²) >= 11 is 0. The van der Waals surface area contributed by atoms with Crippen molar-refractivity contribution in [2.45, 2.75) is 38.7 Å². The maximum atomic E-state index is 13.2. The summed E-state index contributed by atoms with van der Waals surface area (Å²) in [6, 6.07) is 18.2. The van der Waals surface area contributed by atoms with Gasteiger partial charge >= 0.3 is 0 Å². The van der Waals surface area contributed by atoms with Crippen LogP contribution in [0.15, 0.2) is 54.6 Å². The number of hydrogen-bond acceptors (Lipinski definition) is 3. The Morgan fingerprint density at radius 2 is 1.79 bits per heavy atom. The van der Waals surface area contributed by atoms with Crippen LogP contribution in [-0.2, 0) is 20.7 Å². The molecule has 0 aromatic heterocycles. The minimum absolute atomic E-state index is 0.0531.